The molecule has 0 aliphatic rings. The minimum Gasteiger partial charge on any atom is -0.338 e. The van der Waals surface area contributed by atoms with Gasteiger partial charge in [-0.1, -0.05) is 18.2 Å². The van der Waals surface area contributed by atoms with E-state index in [1.165, 1.54) is 0 Å². The van der Waals surface area contributed by atoms with Gasteiger partial charge in [-0.25, -0.2) is 17.8 Å². The number of sulfonamides is 1. The van der Waals surface area contributed by atoms with E-state index in [-0.39, 0.29) is 11.3 Å². The highest BCUT2D eigenvalue weighted by atomic mass is 32.2. The summed E-state index contributed by atoms with van der Waals surface area (Å²) in [5, 5.41) is 1.27. The number of pyridine rings is 3. The Bertz CT molecular complexity index is 1550. The van der Waals surface area contributed by atoms with Gasteiger partial charge < -0.3 is 4.98 Å². The zero-order valence-electron chi connectivity index (χ0n) is 16.3. The highest BCUT2D eigenvalue weighted by Gasteiger charge is 2.20. The molecular formula is C22H16FN5O2S. The molecule has 0 spiro atoms. The second-order valence-corrected chi connectivity index (χ2v) is 8.85. The predicted molar refractivity (Wildman–Crippen MR) is 118 cm³/mol. The molecule has 4 aromatic heterocycles. The van der Waals surface area contributed by atoms with Gasteiger partial charge in [0.1, 0.15) is 11.5 Å². The molecule has 154 valence electrons. The van der Waals surface area contributed by atoms with Crippen LogP contribution in [0.25, 0.3) is 44.3 Å². The third-order valence-corrected chi connectivity index (χ3v) is 5.50. The minimum atomic E-state index is -3.56. The van der Waals surface area contributed by atoms with Crippen LogP contribution in [0.5, 0.6) is 0 Å². The highest BCUT2D eigenvalue weighted by Crippen LogP contribution is 2.39. The summed E-state index contributed by atoms with van der Waals surface area (Å²) < 4.78 is 41.4. The number of nitrogens with one attached hydrogen (secondary N) is 2. The summed E-state index contributed by atoms with van der Waals surface area (Å²) >= 11 is 0. The van der Waals surface area contributed by atoms with Crippen LogP contribution in [0.1, 0.15) is 0 Å². The molecule has 1 aromatic carbocycles. The summed E-state index contributed by atoms with van der Waals surface area (Å²) in [6, 6.07) is 12.2. The molecule has 7 nitrogen and oxygen atoms in total. The molecule has 2 N–H and O–H groups in total. The van der Waals surface area contributed by atoms with E-state index in [0.29, 0.717) is 27.8 Å². The van der Waals surface area contributed by atoms with Crippen LogP contribution >= 0.6 is 0 Å². The maximum absolute atomic E-state index is 15.2. The number of H-pyrrole nitrogens is 1. The number of hydrogen-bond donors (Lipinski definition) is 2. The van der Waals surface area contributed by atoms with Gasteiger partial charge in [0, 0.05) is 39.9 Å². The fourth-order valence-electron chi connectivity index (χ4n) is 3.66. The monoisotopic (exact) mass is 433 g/mol. The number of aromatic amines is 1. The van der Waals surface area contributed by atoms with Gasteiger partial charge in [0.15, 0.2) is 0 Å². The first-order chi connectivity index (χ1) is 14.9. The number of hydrogen-bond acceptors (Lipinski definition) is 5. The van der Waals surface area contributed by atoms with Crippen molar-refractivity contribution in [3.8, 4) is 22.4 Å². The lowest BCUT2D eigenvalue weighted by atomic mass is 9.99. The fraction of sp³-hybridized carbons (Fsp3) is 0.0455. The van der Waals surface area contributed by atoms with Gasteiger partial charge in [0.05, 0.1) is 35.5 Å². The van der Waals surface area contributed by atoms with Crippen LogP contribution < -0.4 is 4.72 Å². The van der Waals surface area contributed by atoms with Crippen LogP contribution in [0.2, 0.25) is 0 Å². The predicted octanol–water partition coefficient (Wildman–Crippen LogP) is 4.35. The quantitative estimate of drug-likeness (QED) is 0.439. The third kappa shape index (κ3) is 3.49. The van der Waals surface area contributed by atoms with Crippen LogP contribution in [0.4, 0.5) is 10.1 Å². The Morgan fingerprint density at radius 2 is 1.87 bits per heavy atom. The normalized spacial score (nSPS) is 11.8. The van der Waals surface area contributed by atoms with Crippen LogP contribution in [-0.4, -0.2) is 34.6 Å². The van der Waals surface area contributed by atoms with Crippen molar-refractivity contribution >= 4 is 37.6 Å². The molecule has 0 radical (unpaired) electrons. The molecule has 0 unspecified atom stereocenters. The molecule has 0 saturated carbocycles. The third-order valence-electron chi connectivity index (χ3n) is 4.91. The lowest BCUT2D eigenvalue weighted by Crippen LogP contribution is -2.10. The zero-order valence-corrected chi connectivity index (χ0v) is 17.1. The zero-order chi connectivity index (χ0) is 21.6. The lowest BCUT2D eigenvalue weighted by molar-refractivity contribution is 0.606. The second-order valence-electron chi connectivity index (χ2n) is 7.11. The summed E-state index contributed by atoms with van der Waals surface area (Å²) in [7, 11) is -3.56. The molecule has 0 bridgehead atoms. The smallest absolute Gasteiger partial charge is 0.229 e. The van der Waals surface area contributed by atoms with E-state index in [9.17, 15) is 8.42 Å². The molecule has 4 heterocycles. The molecule has 0 aliphatic heterocycles. The van der Waals surface area contributed by atoms with Crippen molar-refractivity contribution in [1.29, 1.82) is 0 Å². The Morgan fingerprint density at radius 3 is 2.65 bits per heavy atom. The van der Waals surface area contributed by atoms with Crippen LogP contribution in [0.15, 0.2) is 67.3 Å². The molecule has 0 fully saturated rings. The first kappa shape index (κ1) is 19.1. The Hall–Kier alpha value is -3.85. The van der Waals surface area contributed by atoms with E-state index < -0.39 is 15.8 Å². The summed E-state index contributed by atoms with van der Waals surface area (Å²) in [5.41, 5.74) is 3.63. The van der Waals surface area contributed by atoms with E-state index in [4.69, 9.17) is 0 Å². The van der Waals surface area contributed by atoms with E-state index in [2.05, 4.69) is 24.7 Å². The van der Waals surface area contributed by atoms with E-state index in [1.54, 1.807) is 42.9 Å². The number of rotatable bonds is 4. The molecule has 0 aliphatic carbocycles. The topological polar surface area (TPSA) is 101 Å². The van der Waals surface area contributed by atoms with Crippen LogP contribution in [-0.2, 0) is 10.0 Å². The molecule has 31 heavy (non-hydrogen) atoms. The Kier molecular flexibility index (Phi) is 4.40. The Morgan fingerprint density at radius 1 is 1.03 bits per heavy atom. The van der Waals surface area contributed by atoms with Gasteiger partial charge in [0.25, 0.3) is 0 Å². The maximum Gasteiger partial charge on any atom is 0.229 e. The number of fused-ring (bicyclic) bond motifs is 3. The van der Waals surface area contributed by atoms with Crippen molar-refractivity contribution in [3.05, 3.63) is 73.1 Å². The number of halogens is 1. The first-order valence-corrected chi connectivity index (χ1v) is 11.2. The molecule has 9 heteroatoms. The van der Waals surface area contributed by atoms with Crippen molar-refractivity contribution < 1.29 is 12.8 Å². The largest absolute Gasteiger partial charge is 0.338 e. The number of benzene rings is 1. The number of nitrogens with zero attached hydrogens (tertiary/aromatic N) is 3. The Labute approximate surface area is 177 Å². The van der Waals surface area contributed by atoms with Gasteiger partial charge in [-0.15, -0.1) is 0 Å². The van der Waals surface area contributed by atoms with Crippen LogP contribution in [0.3, 0.4) is 0 Å². The SMILES string of the molecule is CS(=O)(=O)Nc1ccccc1-c1c(F)cnc2[nH]c3cnc(-c4cccnc4)cc3c12. The maximum atomic E-state index is 15.2. The van der Waals surface area contributed by atoms with E-state index >= 15 is 4.39 Å². The Balaban J connectivity index is 1.83. The summed E-state index contributed by atoms with van der Waals surface area (Å²) in [4.78, 5) is 16.0. The molecule has 0 saturated heterocycles. The van der Waals surface area contributed by atoms with Gasteiger partial charge in [-0.2, -0.15) is 0 Å². The van der Waals surface area contributed by atoms with Gasteiger partial charge in [0.2, 0.25) is 10.0 Å². The van der Waals surface area contributed by atoms with Crippen molar-refractivity contribution in [2.45, 2.75) is 0 Å². The molecule has 5 rings (SSSR count). The summed E-state index contributed by atoms with van der Waals surface area (Å²) in [5.74, 6) is -0.559. The van der Waals surface area contributed by atoms with Crippen molar-refractivity contribution in [2.24, 2.45) is 0 Å². The van der Waals surface area contributed by atoms with E-state index in [1.807, 2.05) is 18.2 Å². The number of aromatic nitrogens is 4. The van der Waals surface area contributed by atoms with E-state index in [0.717, 1.165) is 23.4 Å². The van der Waals surface area contributed by atoms with Crippen LogP contribution in [0, 0.1) is 5.82 Å². The van der Waals surface area contributed by atoms with Gasteiger partial charge >= 0.3 is 0 Å². The molecule has 5 aromatic rings. The standard InChI is InChI=1S/C22H16FN5O2S/c1-31(29,30)28-17-7-3-2-6-14(17)20-16(23)11-26-22-21(20)15-9-18(25-12-19(15)27-22)13-5-4-8-24-10-13/h2-12,28H,1H3,(H,26,27). The fourth-order valence-corrected chi connectivity index (χ4v) is 4.24. The van der Waals surface area contributed by atoms with Crippen molar-refractivity contribution in [2.75, 3.05) is 11.0 Å². The molecular weight excluding hydrogens is 417 g/mol. The molecule has 0 atom stereocenters. The first-order valence-electron chi connectivity index (χ1n) is 9.34. The minimum absolute atomic E-state index is 0.256. The van der Waals surface area contributed by atoms with Crippen molar-refractivity contribution in [1.82, 2.24) is 19.9 Å². The van der Waals surface area contributed by atoms with Gasteiger partial charge in [-0.05, 0) is 24.3 Å². The summed E-state index contributed by atoms with van der Waals surface area (Å²) in [6.07, 6.45) is 7.23. The van der Waals surface area contributed by atoms with Gasteiger partial charge in [-0.3, -0.25) is 14.7 Å². The number of anilines is 1. The van der Waals surface area contributed by atoms with Crippen molar-refractivity contribution in [3.63, 3.8) is 0 Å². The lowest BCUT2D eigenvalue weighted by Gasteiger charge is -2.12. The molecule has 0 amide bonds. The highest BCUT2D eigenvalue weighted by molar-refractivity contribution is 7.92. The number of para-hydroxylation sites is 1. The summed E-state index contributed by atoms with van der Waals surface area (Å²) in [6.45, 7) is 0. The second kappa shape index (κ2) is 7.13. The average molecular weight is 433 g/mol. The average Bonchev–Trinajstić information content (AvgIpc) is 3.12.